The molecule has 0 spiro atoms. The molecule has 0 fully saturated rings. The van der Waals surface area contributed by atoms with E-state index in [2.05, 4.69) is 0 Å². The fourth-order valence-electron chi connectivity index (χ4n) is 4.12. The van der Waals surface area contributed by atoms with Crippen LogP contribution in [0.2, 0.25) is 0 Å². The van der Waals surface area contributed by atoms with Crippen molar-refractivity contribution in [2.75, 3.05) is 0 Å². The fraction of sp³-hybridized carbons (Fsp3) is 0.143. The maximum Gasteiger partial charge on any atom is 0.152 e. The molecular formula is C28H26O2. The first-order valence-electron chi connectivity index (χ1n) is 10.2. The molecular weight excluding hydrogens is 368 g/mol. The van der Waals surface area contributed by atoms with E-state index in [0.717, 1.165) is 11.1 Å². The molecule has 2 atom stereocenters. The van der Waals surface area contributed by atoms with Gasteiger partial charge < -0.3 is 10.2 Å². The van der Waals surface area contributed by atoms with Crippen LogP contribution in [0.4, 0.5) is 0 Å². The van der Waals surface area contributed by atoms with Gasteiger partial charge in [-0.25, -0.2) is 0 Å². The van der Waals surface area contributed by atoms with Gasteiger partial charge in [0.1, 0.15) is 0 Å². The summed E-state index contributed by atoms with van der Waals surface area (Å²) in [6.07, 6.45) is 0. The van der Waals surface area contributed by atoms with E-state index in [9.17, 15) is 10.2 Å². The molecule has 0 amide bonds. The first-order valence-corrected chi connectivity index (χ1v) is 10.2. The highest BCUT2D eigenvalue weighted by atomic mass is 16.4. The lowest BCUT2D eigenvalue weighted by Gasteiger charge is -2.45. The lowest BCUT2D eigenvalue weighted by atomic mass is 9.66. The molecule has 0 aromatic heterocycles. The van der Waals surface area contributed by atoms with Crippen LogP contribution >= 0.6 is 0 Å². The van der Waals surface area contributed by atoms with Crippen molar-refractivity contribution in [1.82, 2.24) is 0 Å². The summed E-state index contributed by atoms with van der Waals surface area (Å²) in [7, 11) is 0. The van der Waals surface area contributed by atoms with E-state index < -0.39 is 11.2 Å². The van der Waals surface area contributed by atoms with Crippen molar-refractivity contribution in [3.8, 4) is 0 Å². The van der Waals surface area contributed by atoms with Crippen molar-refractivity contribution in [3.05, 3.63) is 143 Å². The van der Waals surface area contributed by atoms with Crippen molar-refractivity contribution in [1.29, 1.82) is 0 Å². The average molecular weight is 395 g/mol. The highest BCUT2D eigenvalue weighted by Crippen LogP contribution is 2.49. The Morgan fingerprint density at radius 1 is 0.400 bits per heavy atom. The molecule has 4 aromatic carbocycles. The van der Waals surface area contributed by atoms with Crippen LogP contribution in [0.3, 0.4) is 0 Å². The van der Waals surface area contributed by atoms with Gasteiger partial charge in [-0.1, -0.05) is 120 Å². The topological polar surface area (TPSA) is 40.5 Å². The number of aryl methyl sites for hydroxylation is 2. The van der Waals surface area contributed by atoms with Crippen LogP contribution in [0, 0.1) is 13.8 Å². The molecule has 2 nitrogen and oxygen atoms in total. The van der Waals surface area contributed by atoms with Gasteiger partial charge in [0.05, 0.1) is 0 Å². The van der Waals surface area contributed by atoms with E-state index in [1.807, 2.05) is 123 Å². The summed E-state index contributed by atoms with van der Waals surface area (Å²) < 4.78 is 0. The quantitative estimate of drug-likeness (QED) is 0.471. The van der Waals surface area contributed by atoms with E-state index in [1.165, 1.54) is 0 Å². The zero-order chi connectivity index (χ0) is 21.2. The molecule has 0 radical (unpaired) electrons. The van der Waals surface area contributed by atoms with Gasteiger partial charge in [-0.3, -0.25) is 0 Å². The maximum atomic E-state index is 12.5. The summed E-state index contributed by atoms with van der Waals surface area (Å²) in [6.45, 7) is 4.02. The van der Waals surface area contributed by atoms with Crippen molar-refractivity contribution >= 4 is 0 Å². The van der Waals surface area contributed by atoms with Gasteiger partial charge in [0.2, 0.25) is 0 Å². The molecule has 0 saturated heterocycles. The van der Waals surface area contributed by atoms with Gasteiger partial charge >= 0.3 is 0 Å². The minimum Gasteiger partial charge on any atom is -0.377 e. The summed E-state index contributed by atoms with van der Waals surface area (Å²) in [6, 6.07) is 34.2. The average Bonchev–Trinajstić information content (AvgIpc) is 2.80. The predicted molar refractivity (Wildman–Crippen MR) is 121 cm³/mol. The van der Waals surface area contributed by atoms with Crippen LogP contribution in [0.25, 0.3) is 0 Å². The zero-order valence-electron chi connectivity index (χ0n) is 17.3. The highest BCUT2D eigenvalue weighted by Gasteiger charge is 2.54. The molecule has 30 heavy (non-hydrogen) atoms. The lowest BCUT2D eigenvalue weighted by Crippen LogP contribution is -2.51. The first kappa shape index (κ1) is 20.1. The van der Waals surface area contributed by atoms with Gasteiger partial charge in [0.25, 0.3) is 0 Å². The predicted octanol–water partition coefficient (Wildman–Crippen LogP) is 5.48. The van der Waals surface area contributed by atoms with E-state index >= 15 is 0 Å². The monoisotopic (exact) mass is 394 g/mol. The number of hydrogen-bond donors (Lipinski definition) is 2. The molecule has 0 heterocycles. The van der Waals surface area contributed by atoms with Crippen molar-refractivity contribution in [2.24, 2.45) is 0 Å². The van der Waals surface area contributed by atoms with Gasteiger partial charge in [-0.15, -0.1) is 0 Å². The first-order chi connectivity index (χ1) is 14.5. The van der Waals surface area contributed by atoms with Crippen LogP contribution in [0.1, 0.15) is 33.4 Å². The minimum atomic E-state index is -1.71. The number of aliphatic hydroxyl groups is 2. The van der Waals surface area contributed by atoms with E-state index in [4.69, 9.17) is 0 Å². The minimum absolute atomic E-state index is 0.626. The summed E-state index contributed by atoms with van der Waals surface area (Å²) in [5, 5.41) is 25.0. The molecule has 2 heteroatoms. The standard InChI is InChI=1S/C28H26O2/c1-21-13-17-25(18-14-21)27(29,23-9-5-3-6-10-23)28(30,24-11-7-4-8-12-24)26-19-15-22(2)16-20-26/h3-20,29-30H,1-2H3/t27-,28-/m1/s1. The number of benzene rings is 4. The molecule has 150 valence electrons. The van der Waals surface area contributed by atoms with E-state index in [1.54, 1.807) is 0 Å². The maximum absolute atomic E-state index is 12.5. The van der Waals surface area contributed by atoms with Gasteiger partial charge in [0.15, 0.2) is 11.2 Å². The Morgan fingerprint density at radius 2 is 0.667 bits per heavy atom. The Bertz CT molecular complexity index is 1010. The van der Waals surface area contributed by atoms with Crippen LogP contribution in [-0.4, -0.2) is 10.2 Å². The SMILES string of the molecule is Cc1ccc([C@](O)(c2ccccc2)[C@@](O)(c2ccccc2)c2ccc(C)cc2)cc1. The fourth-order valence-corrected chi connectivity index (χ4v) is 4.12. The lowest BCUT2D eigenvalue weighted by molar-refractivity contribution is -0.113. The molecule has 0 bridgehead atoms. The summed E-state index contributed by atoms with van der Waals surface area (Å²) >= 11 is 0. The molecule has 0 aliphatic rings. The van der Waals surface area contributed by atoms with Gasteiger partial charge in [-0.05, 0) is 36.1 Å². The van der Waals surface area contributed by atoms with Crippen molar-refractivity contribution in [2.45, 2.75) is 25.0 Å². The molecule has 2 N–H and O–H groups in total. The molecule has 4 rings (SSSR count). The Hall–Kier alpha value is -3.20. The molecule has 0 saturated carbocycles. The van der Waals surface area contributed by atoms with E-state index in [-0.39, 0.29) is 0 Å². The van der Waals surface area contributed by atoms with Crippen LogP contribution in [-0.2, 0) is 11.2 Å². The molecule has 4 aromatic rings. The molecule has 0 unspecified atom stereocenters. The van der Waals surface area contributed by atoms with Crippen LogP contribution < -0.4 is 0 Å². The van der Waals surface area contributed by atoms with Crippen LogP contribution in [0.5, 0.6) is 0 Å². The second-order valence-electron chi connectivity index (χ2n) is 7.88. The molecule has 0 aliphatic heterocycles. The third-order valence-corrected chi connectivity index (χ3v) is 5.85. The third kappa shape index (κ3) is 3.24. The summed E-state index contributed by atoms with van der Waals surface area (Å²) in [5.74, 6) is 0. The second-order valence-corrected chi connectivity index (χ2v) is 7.88. The third-order valence-electron chi connectivity index (χ3n) is 5.85. The van der Waals surface area contributed by atoms with Gasteiger partial charge in [0, 0.05) is 0 Å². The van der Waals surface area contributed by atoms with Crippen LogP contribution in [0.15, 0.2) is 109 Å². The number of hydrogen-bond acceptors (Lipinski definition) is 2. The van der Waals surface area contributed by atoms with Crippen molar-refractivity contribution in [3.63, 3.8) is 0 Å². The van der Waals surface area contributed by atoms with Gasteiger partial charge in [-0.2, -0.15) is 0 Å². The zero-order valence-corrected chi connectivity index (χ0v) is 17.3. The van der Waals surface area contributed by atoms with E-state index in [0.29, 0.717) is 22.3 Å². The summed E-state index contributed by atoms with van der Waals surface area (Å²) in [5.41, 5.74) is 1.27. The summed E-state index contributed by atoms with van der Waals surface area (Å²) in [4.78, 5) is 0. The number of rotatable bonds is 5. The Morgan fingerprint density at radius 3 is 0.967 bits per heavy atom. The Balaban J connectivity index is 2.08. The Labute approximate surface area is 178 Å². The smallest absolute Gasteiger partial charge is 0.152 e. The largest absolute Gasteiger partial charge is 0.377 e. The normalized spacial score (nSPS) is 15.2. The molecule has 0 aliphatic carbocycles. The van der Waals surface area contributed by atoms with Crippen molar-refractivity contribution < 1.29 is 10.2 Å². The second kappa shape index (κ2) is 7.91. The Kier molecular flexibility index (Phi) is 5.29. The highest BCUT2D eigenvalue weighted by molar-refractivity contribution is 5.51.